The molecular formula is C7H7N3O. The minimum absolute atomic E-state index is 0.326. The Morgan fingerprint density at radius 3 is 3.18 bits per heavy atom. The van der Waals surface area contributed by atoms with Crippen LogP contribution in [-0.2, 0) is 4.74 Å². The fourth-order valence-corrected chi connectivity index (χ4v) is 0.608. The van der Waals surface area contributed by atoms with Gasteiger partial charge in [-0.25, -0.2) is 4.99 Å². The monoisotopic (exact) mass is 149 g/mol. The summed E-state index contributed by atoms with van der Waals surface area (Å²) in [6.45, 7) is 0. The first-order chi connectivity index (χ1) is 5.36. The summed E-state index contributed by atoms with van der Waals surface area (Å²) in [5, 5.41) is 11.2. The van der Waals surface area contributed by atoms with Gasteiger partial charge in [0.2, 0.25) is 0 Å². The highest BCUT2D eigenvalue weighted by Crippen LogP contribution is 1.94. The van der Waals surface area contributed by atoms with Crippen molar-refractivity contribution in [2.24, 2.45) is 4.99 Å². The molecule has 0 fully saturated rings. The minimum atomic E-state index is 0.326. The number of rotatable bonds is 0. The molecular weight excluding hydrogens is 142 g/mol. The quantitative estimate of drug-likeness (QED) is 0.546. The molecule has 4 nitrogen and oxygen atoms in total. The van der Waals surface area contributed by atoms with Gasteiger partial charge in [0.1, 0.15) is 11.8 Å². The second-order valence-electron chi connectivity index (χ2n) is 1.80. The number of amidine groups is 1. The Labute approximate surface area is 64.5 Å². The first kappa shape index (κ1) is 7.35. The molecule has 1 N–H and O–H groups in total. The normalized spacial score (nSPS) is 15.3. The molecule has 0 bridgehead atoms. The summed E-state index contributed by atoms with van der Waals surface area (Å²) in [5.74, 6) is 0. The molecule has 0 spiro atoms. The summed E-state index contributed by atoms with van der Waals surface area (Å²) in [5.41, 5.74) is 0.416. The maximum atomic E-state index is 8.50. The lowest BCUT2D eigenvalue weighted by atomic mass is 10.4. The molecule has 4 heteroatoms. The third kappa shape index (κ3) is 1.83. The zero-order valence-electron chi connectivity index (χ0n) is 6.03. The van der Waals surface area contributed by atoms with Crippen molar-refractivity contribution in [3.8, 4) is 6.07 Å². The number of hydrogen-bond acceptors (Lipinski definition) is 4. The average molecular weight is 149 g/mol. The Balaban J connectivity index is 2.79. The van der Waals surface area contributed by atoms with E-state index in [4.69, 9.17) is 10.00 Å². The van der Waals surface area contributed by atoms with Gasteiger partial charge in [-0.2, -0.15) is 5.26 Å². The van der Waals surface area contributed by atoms with Crippen molar-refractivity contribution in [2.45, 2.75) is 0 Å². The summed E-state index contributed by atoms with van der Waals surface area (Å²) < 4.78 is 4.80. The third-order valence-electron chi connectivity index (χ3n) is 1.10. The summed E-state index contributed by atoms with van der Waals surface area (Å²) >= 11 is 0. The van der Waals surface area contributed by atoms with Crippen molar-refractivity contribution in [1.82, 2.24) is 5.32 Å². The van der Waals surface area contributed by atoms with Crippen molar-refractivity contribution in [1.29, 1.82) is 5.26 Å². The van der Waals surface area contributed by atoms with Gasteiger partial charge >= 0.3 is 0 Å². The van der Waals surface area contributed by atoms with E-state index < -0.39 is 0 Å². The highest BCUT2D eigenvalue weighted by atomic mass is 16.5. The van der Waals surface area contributed by atoms with Crippen LogP contribution in [-0.4, -0.2) is 13.1 Å². The Morgan fingerprint density at radius 2 is 2.55 bits per heavy atom. The van der Waals surface area contributed by atoms with Gasteiger partial charge in [-0.1, -0.05) is 0 Å². The Kier molecular flexibility index (Phi) is 2.28. The lowest BCUT2D eigenvalue weighted by molar-refractivity contribution is 0.387. The number of aliphatic imine (C=N–C) groups is 1. The van der Waals surface area contributed by atoms with Crippen LogP contribution < -0.4 is 5.32 Å². The van der Waals surface area contributed by atoms with Crippen molar-refractivity contribution in [2.75, 3.05) is 7.11 Å². The van der Waals surface area contributed by atoms with Crippen LogP contribution in [0.1, 0.15) is 0 Å². The molecule has 1 aliphatic heterocycles. The molecule has 0 amide bonds. The van der Waals surface area contributed by atoms with Crippen LogP contribution in [0.15, 0.2) is 29.0 Å². The van der Waals surface area contributed by atoms with Gasteiger partial charge in [0, 0.05) is 6.20 Å². The molecule has 0 atom stereocenters. The van der Waals surface area contributed by atoms with Crippen molar-refractivity contribution in [3.63, 3.8) is 0 Å². The fourth-order valence-electron chi connectivity index (χ4n) is 0.608. The van der Waals surface area contributed by atoms with Gasteiger partial charge in [-0.3, -0.25) is 0 Å². The van der Waals surface area contributed by atoms with Gasteiger partial charge in [0.05, 0.1) is 7.11 Å². The van der Waals surface area contributed by atoms with Crippen LogP contribution in [0.5, 0.6) is 0 Å². The number of allylic oxidation sites excluding steroid dienone is 3. The van der Waals surface area contributed by atoms with Crippen molar-refractivity contribution in [3.05, 3.63) is 24.0 Å². The zero-order valence-corrected chi connectivity index (χ0v) is 6.03. The molecule has 0 radical (unpaired) electrons. The Hall–Kier alpha value is -1.76. The molecule has 11 heavy (non-hydrogen) atoms. The van der Waals surface area contributed by atoms with E-state index in [0.717, 1.165) is 0 Å². The summed E-state index contributed by atoms with van der Waals surface area (Å²) in [4.78, 5) is 3.84. The number of ether oxygens (including phenoxy) is 1. The second kappa shape index (κ2) is 3.42. The molecule has 1 heterocycles. The SMILES string of the molecule is COC1=NC=CC=C(C#N)N1. The second-order valence-corrected chi connectivity index (χ2v) is 1.80. The van der Waals surface area contributed by atoms with E-state index >= 15 is 0 Å². The number of hydrogen-bond donors (Lipinski definition) is 1. The van der Waals surface area contributed by atoms with E-state index in [-0.39, 0.29) is 0 Å². The lowest BCUT2D eigenvalue weighted by Gasteiger charge is -2.02. The standard InChI is InChI=1S/C7H7N3O/c1-11-7-9-4-2-3-6(5-8)10-7/h2-4H,1H3,(H,9,10). The number of nitrogens with one attached hydrogen (secondary N) is 1. The lowest BCUT2D eigenvalue weighted by Crippen LogP contribution is -2.22. The van der Waals surface area contributed by atoms with Crippen LogP contribution in [0.4, 0.5) is 0 Å². The predicted molar refractivity (Wildman–Crippen MR) is 40.4 cm³/mol. The van der Waals surface area contributed by atoms with Crippen LogP contribution in [0.25, 0.3) is 0 Å². The van der Waals surface area contributed by atoms with Gasteiger partial charge < -0.3 is 10.1 Å². The molecule has 0 saturated carbocycles. The van der Waals surface area contributed by atoms with Gasteiger partial charge in [-0.05, 0) is 12.2 Å². The molecule has 0 aromatic rings. The minimum Gasteiger partial charge on any atom is -0.468 e. The van der Waals surface area contributed by atoms with E-state index in [0.29, 0.717) is 11.7 Å². The first-order valence-electron chi connectivity index (χ1n) is 3.02. The van der Waals surface area contributed by atoms with Gasteiger partial charge in [0.25, 0.3) is 6.02 Å². The molecule has 0 unspecified atom stereocenters. The number of nitrogens with zero attached hydrogens (tertiary/aromatic N) is 2. The number of nitriles is 1. The van der Waals surface area contributed by atoms with Crippen molar-refractivity contribution >= 4 is 6.02 Å². The van der Waals surface area contributed by atoms with Gasteiger partial charge in [0.15, 0.2) is 0 Å². The third-order valence-corrected chi connectivity index (χ3v) is 1.10. The summed E-state index contributed by atoms with van der Waals surface area (Å²) in [7, 11) is 1.49. The topological polar surface area (TPSA) is 57.4 Å². The summed E-state index contributed by atoms with van der Waals surface area (Å²) in [6, 6.07) is 2.27. The maximum Gasteiger partial charge on any atom is 0.294 e. The van der Waals surface area contributed by atoms with E-state index in [1.54, 1.807) is 18.4 Å². The van der Waals surface area contributed by atoms with E-state index in [9.17, 15) is 0 Å². The molecule has 0 aliphatic carbocycles. The highest BCUT2D eigenvalue weighted by molar-refractivity contribution is 5.77. The predicted octanol–water partition coefficient (Wildman–Crippen LogP) is 0.513. The smallest absolute Gasteiger partial charge is 0.294 e. The van der Waals surface area contributed by atoms with Crippen LogP contribution >= 0.6 is 0 Å². The zero-order chi connectivity index (χ0) is 8.10. The summed E-state index contributed by atoms with van der Waals surface area (Å²) in [6.07, 6.45) is 4.84. The Bertz CT molecular complexity index is 270. The van der Waals surface area contributed by atoms with Crippen LogP contribution in [0, 0.1) is 11.3 Å². The average Bonchev–Trinajstić information content (AvgIpc) is 2.28. The molecule has 1 aliphatic rings. The molecule has 0 saturated heterocycles. The Morgan fingerprint density at radius 1 is 1.73 bits per heavy atom. The highest BCUT2D eigenvalue weighted by Gasteiger charge is 2.00. The molecule has 1 rings (SSSR count). The van der Waals surface area contributed by atoms with E-state index in [1.165, 1.54) is 7.11 Å². The molecule has 56 valence electrons. The van der Waals surface area contributed by atoms with Crippen molar-refractivity contribution < 1.29 is 4.74 Å². The van der Waals surface area contributed by atoms with E-state index in [1.807, 2.05) is 6.07 Å². The maximum absolute atomic E-state index is 8.50. The molecule has 0 aromatic carbocycles. The van der Waals surface area contributed by atoms with Gasteiger partial charge in [-0.15, -0.1) is 0 Å². The largest absolute Gasteiger partial charge is 0.468 e. The fraction of sp³-hybridized carbons (Fsp3) is 0.143. The molecule has 0 aromatic heterocycles. The van der Waals surface area contributed by atoms with E-state index in [2.05, 4.69) is 10.3 Å². The van der Waals surface area contributed by atoms with Crippen LogP contribution in [0.3, 0.4) is 0 Å². The van der Waals surface area contributed by atoms with Crippen LogP contribution in [0.2, 0.25) is 0 Å². The number of methoxy groups -OCH3 is 1. The first-order valence-corrected chi connectivity index (χ1v) is 3.02.